The van der Waals surface area contributed by atoms with Crippen LogP contribution in [0.2, 0.25) is 0 Å². The van der Waals surface area contributed by atoms with E-state index >= 15 is 0 Å². The Morgan fingerprint density at radius 1 is 1.30 bits per heavy atom. The zero-order valence-corrected chi connectivity index (χ0v) is 14.3. The molecule has 0 spiro atoms. The van der Waals surface area contributed by atoms with Crippen LogP contribution in [0.3, 0.4) is 0 Å². The first-order valence-corrected chi connectivity index (χ1v) is 8.18. The molecule has 9 heteroatoms. The Kier molecular flexibility index (Phi) is 6.05. The van der Waals surface area contributed by atoms with Crippen LogP contribution >= 0.6 is 24.0 Å². The Morgan fingerprint density at radius 3 is 2.70 bits per heavy atom. The second-order valence-corrected chi connectivity index (χ2v) is 6.46. The van der Waals surface area contributed by atoms with Gasteiger partial charge >= 0.3 is 0 Å². The highest BCUT2D eigenvalue weighted by atomic mass is 32.2. The van der Waals surface area contributed by atoms with Gasteiger partial charge < -0.3 is 14.4 Å². The van der Waals surface area contributed by atoms with Crippen molar-refractivity contribution in [1.29, 1.82) is 0 Å². The van der Waals surface area contributed by atoms with Crippen LogP contribution in [-0.2, 0) is 9.59 Å². The van der Waals surface area contributed by atoms with Crippen LogP contribution in [0.1, 0.15) is 0 Å². The van der Waals surface area contributed by atoms with Gasteiger partial charge in [0.05, 0.1) is 5.75 Å². The van der Waals surface area contributed by atoms with Gasteiger partial charge in [-0.15, -0.1) is 0 Å². The molecule has 1 atom stereocenters. The van der Waals surface area contributed by atoms with Crippen molar-refractivity contribution in [2.75, 3.05) is 26.5 Å². The third-order valence-corrected chi connectivity index (χ3v) is 4.56. The first-order chi connectivity index (χ1) is 11.0. The molecule has 0 fully saturated rings. The topological polar surface area (TPSA) is 79.9 Å². The lowest BCUT2D eigenvalue weighted by Gasteiger charge is -2.25. The SMILES string of the molecule is CN(C)C(=S)SCC(=O)NNC(=O)[C@H]1COc2ccccc2O1. The second kappa shape index (κ2) is 8.02. The molecule has 0 aliphatic carbocycles. The third kappa shape index (κ3) is 5.00. The smallest absolute Gasteiger partial charge is 0.283 e. The van der Waals surface area contributed by atoms with Crippen LogP contribution in [0.25, 0.3) is 0 Å². The van der Waals surface area contributed by atoms with E-state index in [4.69, 9.17) is 21.7 Å². The van der Waals surface area contributed by atoms with E-state index < -0.39 is 12.0 Å². The number of amides is 2. The molecule has 124 valence electrons. The maximum absolute atomic E-state index is 12.0. The maximum atomic E-state index is 12.0. The number of thiocarbonyl (C=S) groups is 1. The predicted molar refractivity (Wildman–Crippen MR) is 91.4 cm³/mol. The summed E-state index contributed by atoms with van der Waals surface area (Å²) >= 11 is 6.27. The average Bonchev–Trinajstić information content (AvgIpc) is 2.56. The highest BCUT2D eigenvalue weighted by Gasteiger charge is 2.27. The third-order valence-electron chi connectivity index (χ3n) is 2.82. The first-order valence-electron chi connectivity index (χ1n) is 6.78. The summed E-state index contributed by atoms with van der Waals surface area (Å²) in [5, 5.41) is 0. The van der Waals surface area contributed by atoms with Crippen molar-refractivity contribution in [3.8, 4) is 11.5 Å². The number of benzene rings is 1. The van der Waals surface area contributed by atoms with Gasteiger partial charge in [0.2, 0.25) is 12.0 Å². The van der Waals surface area contributed by atoms with E-state index in [1.165, 1.54) is 11.8 Å². The van der Waals surface area contributed by atoms with Crippen LogP contribution in [-0.4, -0.2) is 53.6 Å². The lowest BCUT2D eigenvalue weighted by molar-refractivity contribution is -0.134. The number of nitrogens with zero attached hydrogens (tertiary/aromatic N) is 1. The number of ether oxygens (including phenoxy) is 2. The Balaban J connectivity index is 1.75. The number of thioether (sulfide) groups is 1. The highest BCUT2D eigenvalue weighted by Crippen LogP contribution is 2.30. The van der Waals surface area contributed by atoms with Gasteiger partial charge in [-0.05, 0) is 12.1 Å². The van der Waals surface area contributed by atoms with E-state index in [1.54, 1.807) is 37.2 Å². The van der Waals surface area contributed by atoms with Crippen LogP contribution in [0, 0.1) is 0 Å². The molecule has 0 saturated heterocycles. The van der Waals surface area contributed by atoms with Crippen molar-refractivity contribution in [3.63, 3.8) is 0 Å². The highest BCUT2D eigenvalue weighted by molar-refractivity contribution is 8.23. The molecule has 1 aromatic carbocycles. The number of para-hydroxylation sites is 2. The van der Waals surface area contributed by atoms with Crippen LogP contribution in [0.4, 0.5) is 0 Å². The molecule has 7 nitrogen and oxygen atoms in total. The Labute approximate surface area is 143 Å². The standard InChI is InChI=1S/C14H17N3O4S2/c1-17(2)14(22)23-8-12(18)15-16-13(19)11-7-20-9-5-3-4-6-10(9)21-11/h3-6,11H,7-8H2,1-2H3,(H,15,18)(H,16,19)/t11-/m1/s1. The molecule has 0 radical (unpaired) electrons. The average molecular weight is 355 g/mol. The van der Waals surface area contributed by atoms with E-state index in [2.05, 4.69) is 10.9 Å². The molecule has 1 aliphatic heterocycles. The normalized spacial score (nSPS) is 15.5. The summed E-state index contributed by atoms with van der Waals surface area (Å²) in [6.45, 7) is 0.0815. The second-order valence-electron chi connectivity index (χ2n) is 4.85. The van der Waals surface area contributed by atoms with Gasteiger partial charge in [-0.2, -0.15) is 0 Å². The van der Waals surface area contributed by atoms with E-state index in [0.717, 1.165) is 0 Å². The Hall–Kier alpha value is -2.00. The van der Waals surface area contributed by atoms with E-state index in [9.17, 15) is 9.59 Å². The molecule has 1 aromatic rings. The summed E-state index contributed by atoms with van der Waals surface area (Å²) < 4.78 is 11.6. The summed E-state index contributed by atoms with van der Waals surface area (Å²) in [5.74, 6) is 0.367. The summed E-state index contributed by atoms with van der Waals surface area (Å²) in [7, 11) is 3.60. The quantitative estimate of drug-likeness (QED) is 0.606. The maximum Gasteiger partial charge on any atom is 0.283 e. The molecule has 2 rings (SSSR count). The first kappa shape index (κ1) is 17.4. The number of carbonyl (C=O) groups excluding carboxylic acids is 2. The van der Waals surface area contributed by atoms with Crippen molar-refractivity contribution < 1.29 is 19.1 Å². The Bertz CT molecular complexity index is 609. The summed E-state index contributed by atoms with van der Waals surface area (Å²) in [4.78, 5) is 25.4. The van der Waals surface area contributed by atoms with Gasteiger partial charge in [0.1, 0.15) is 10.9 Å². The fourth-order valence-corrected chi connectivity index (χ4v) is 2.41. The molecule has 2 N–H and O–H groups in total. The van der Waals surface area contributed by atoms with Gasteiger partial charge in [-0.1, -0.05) is 36.1 Å². The molecular formula is C14H17N3O4S2. The van der Waals surface area contributed by atoms with Crippen LogP contribution in [0.5, 0.6) is 11.5 Å². The lowest BCUT2D eigenvalue weighted by Crippen LogP contribution is -2.51. The number of hydrogen-bond donors (Lipinski definition) is 2. The van der Waals surface area contributed by atoms with E-state index in [1.807, 2.05) is 6.07 Å². The molecule has 0 aromatic heterocycles. The van der Waals surface area contributed by atoms with Crippen molar-refractivity contribution in [1.82, 2.24) is 15.8 Å². The zero-order valence-electron chi connectivity index (χ0n) is 12.7. The minimum absolute atomic E-state index is 0.0815. The van der Waals surface area contributed by atoms with Gasteiger partial charge in [-0.3, -0.25) is 20.4 Å². The molecule has 0 bridgehead atoms. The van der Waals surface area contributed by atoms with Gasteiger partial charge in [-0.25, -0.2) is 0 Å². The lowest BCUT2D eigenvalue weighted by atomic mass is 10.2. The largest absolute Gasteiger partial charge is 0.485 e. The molecule has 2 amide bonds. The number of fused-ring (bicyclic) bond motifs is 1. The summed E-state index contributed by atoms with van der Waals surface area (Å²) in [6, 6.07) is 7.08. The molecule has 23 heavy (non-hydrogen) atoms. The van der Waals surface area contributed by atoms with Gasteiger partial charge in [0, 0.05) is 14.1 Å². The van der Waals surface area contributed by atoms with E-state index in [-0.39, 0.29) is 18.3 Å². The molecule has 1 heterocycles. The fraction of sp³-hybridized carbons (Fsp3) is 0.357. The van der Waals surface area contributed by atoms with Crippen LogP contribution < -0.4 is 20.3 Å². The van der Waals surface area contributed by atoms with Crippen molar-refractivity contribution in [2.45, 2.75) is 6.10 Å². The number of rotatable bonds is 3. The minimum Gasteiger partial charge on any atom is -0.485 e. The number of hydrogen-bond acceptors (Lipinski definition) is 6. The van der Waals surface area contributed by atoms with Gasteiger partial charge in [0.15, 0.2) is 11.5 Å². The predicted octanol–water partition coefficient (Wildman–Crippen LogP) is 0.554. The summed E-state index contributed by atoms with van der Waals surface area (Å²) in [5.41, 5.74) is 4.65. The van der Waals surface area contributed by atoms with Gasteiger partial charge in [0.25, 0.3) is 5.91 Å². The van der Waals surface area contributed by atoms with Crippen LogP contribution in [0.15, 0.2) is 24.3 Å². The fourth-order valence-electron chi connectivity index (χ4n) is 1.65. The van der Waals surface area contributed by atoms with Crippen molar-refractivity contribution in [3.05, 3.63) is 24.3 Å². The number of carbonyl (C=O) groups is 2. The number of hydrazine groups is 1. The molecule has 0 saturated carbocycles. The zero-order chi connectivity index (χ0) is 16.8. The molecule has 0 unspecified atom stereocenters. The monoisotopic (exact) mass is 355 g/mol. The van der Waals surface area contributed by atoms with Crippen molar-refractivity contribution >= 4 is 40.1 Å². The molecular weight excluding hydrogens is 338 g/mol. The number of nitrogens with one attached hydrogen (secondary N) is 2. The summed E-state index contributed by atoms with van der Waals surface area (Å²) in [6.07, 6.45) is -0.819. The Morgan fingerprint density at radius 2 is 2.00 bits per heavy atom. The van der Waals surface area contributed by atoms with E-state index in [0.29, 0.717) is 15.8 Å². The van der Waals surface area contributed by atoms with Crippen molar-refractivity contribution in [2.24, 2.45) is 0 Å². The minimum atomic E-state index is -0.819. The molecule has 1 aliphatic rings.